The first-order valence-electron chi connectivity index (χ1n) is 7.63. The quantitative estimate of drug-likeness (QED) is 0.491. The SMILES string of the molecule is COc1ccc2c3cc4c([nH]c5cc(OC)ccc54)sc-3nc2c1. The summed E-state index contributed by atoms with van der Waals surface area (Å²) in [5.74, 6) is 1.69. The minimum Gasteiger partial charge on any atom is -0.497 e. The summed E-state index contributed by atoms with van der Waals surface area (Å²) < 4.78 is 10.6. The Morgan fingerprint density at radius 3 is 2.42 bits per heavy atom. The number of methoxy groups -OCH3 is 2. The highest BCUT2D eigenvalue weighted by molar-refractivity contribution is 7.21. The van der Waals surface area contributed by atoms with Crippen LogP contribution in [0.5, 0.6) is 11.5 Å². The fraction of sp³-hybridized carbons (Fsp3) is 0.105. The molecule has 5 rings (SSSR count). The molecule has 3 aromatic rings. The van der Waals surface area contributed by atoms with Crippen molar-refractivity contribution in [3.63, 3.8) is 0 Å². The van der Waals surface area contributed by atoms with Crippen molar-refractivity contribution in [2.24, 2.45) is 0 Å². The third-order valence-electron chi connectivity index (χ3n) is 4.44. The van der Waals surface area contributed by atoms with Gasteiger partial charge in [0.1, 0.15) is 21.3 Å². The highest BCUT2D eigenvalue weighted by atomic mass is 32.1. The fourth-order valence-electron chi connectivity index (χ4n) is 3.23. The molecule has 0 spiro atoms. The number of nitrogens with one attached hydrogen (secondary N) is 1. The van der Waals surface area contributed by atoms with E-state index in [0.29, 0.717) is 0 Å². The lowest BCUT2D eigenvalue weighted by atomic mass is 10.1. The highest BCUT2D eigenvalue weighted by Gasteiger charge is 2.17. The molecule has 0 amide bonds. The number of nitrogens with zero attached hydrogens (tertiary/aromatic N) is 1. The Bertz CT molecular complexity index is 1180. The van der Waals surface area contributed by atoms with Crippen LogP contribution in [-0.2, 0) is 0 Å². The van der Waals surface area contributed by atoms with Gasteiger partial charge in [-0.2, -0.15) is 0 Å². The lowest BCUT2D eigenvalue weighted by molar-refractivity contribution is 0.415. The van der Waals surface area contributed by atoms with Gasteiger partial charge < -0.3 is 14.5 Å². The summed E-state index contributed by atoms with van der Waals surface area (Å²) in [6.07, 6.45) is 0. The van der Waals surface area contributed by atoms with E-state index in [1.807, 2.05) is 24.3 Å². The maximum absolute atomic E-state index is 5.32. The number of rotatable bonds is 2. The second-order valence-electron chi connectivity index (χ2n) is 5.74. The van der Waals surface area contributed by atoms with Crippen LogP contribution in [0.15, 0.2) is 42.5 Å². The van der Waals surface area contributed by atoms with E-state index in [2.05, 4.69) is 23.2 Å². The van der Waals surface area contributed by atoms with E-state index in [9.17, 15) is 0 Å². The normalized spacial score (nSPS) is 11.8. The zero-order chi connectivity index (χ0) is 16.3. The van der Waals surface area contributed by atoms with Crippen LogP contribution in [-0.4, -0.2) is 24.2 Å². The van der Waals surface area contributed by atoms with Crippen LogP contribution in [0.4, 0.5) is 0 Å². The Hall–Kier alpha value is -2.79. The number of aromatic nitrogens is 2. The zero-order valence-corrected chi connectivity index (χ0v) is 14.0. The first-order valence-corrected chi connectivity index (χ1v) is 8.45. The van der Waals surface area contributed by atoms with Crippen LogP contribution >= 0.6 is 11.3 Å². The van der Waals surface area contributed by atoms with Crippen molar-refractivity contribution < 1.29 is 9.47 Å². The summed E-state index contributed by atoms with van der Waals surface area (Å²) in [7, 11) is 3.36. The molecule has 24 heavy (non-hydrogen) atoms. The van der Waals surface area contributed by atoms with Gasteiger partial charge in [-0.05, 0) is 30.3 Å². The predicted molar refractivity (Wildman–Crippen MR) is 98.7 cm³/mol. The van der Waals surface area contributed by atoms with E-state index in [-0.39, 0.29) is 0 Å². The van der Waals surface area contributed by atoms with Crippen LogP contribution in [0.2, 0.25) is 0 Å². The van der Waals surface area contributed by atoms with Gasteiger partial charge in [-0.25, -0.2) is 4.98 Å². The molecule has 0 atom stereocenters. The third kappa shape index (κ3) is 1.82. The van der Waals surface area contributed by atoms with Crippen molar-refractivity contribution in [1.29, 1.82) is 0 Å². The van der Waals surface area contributed by atoms with Crippen molar-refractivity contribution >= 4 is 43.4 Å². The molecular formula is C19H14N2O2S. The number of aromatic amines is 1. The molecule has 0 radical (unpaired) electrons. The molecule has 118 valence electrons. The van der Waals surface area contributed by atoms with Crippen molar-refractivity contribution in [3.05, 3.63) is 42.5 Å². The first kappa shape index (κ1) is 13.6. The van der Waals surface area contributed by atoms with E-state index >= 15 is 0 Å². The number of fused-ring (bicyclic) bond motifs is 6. The van der Waals surface area contributed by atoms with Gasteiger partial charge in [-0.3, -0.25) is 0 Å². The molecule has 1 N–H and O–H groups in total. The topological polar surface area (TPSA) is 47.1 Å². The summed E-state index contributed by atoms with van der Waals surface area (Å²) in [5.41, 5.74) is 3.24. The maximum Gasteiger partial charge on any atom is 0.126 e. The lowest BCUT2D eigenvalue weighted by Gasteiger charge is -2.00. The summed E-state index contributed by atoms with van der Waals surface area (Å²) >= 11 is 1.68. The van der Waals surface area contributed by atoms with Gasteiger partial charge in [-0.15, -0.1) is 0 Å². The van der Waals surface area contributed by atoms with Gasteiger partial charge in [0.25, 0.3) is 0 Å². The Morgan fingerprint density at radius 2 is 1.62 bits per heavy atom. The van der Waals surface area contributed by atoms with Gasteiger partial charge in [0, 0.05) is 33.9 Å². The van der Waals surface area contributed by atoms with Crippen LogP contribution in [0.25, 0.3) is 42.6 Å². The highest BCUT2D eigenvalue weighted by Crippen LogP contribution is 2.41. The average Bonchev–Trinajstić information content (AvgIpc) is 3.15. The van der Waals surface area contributed by atoms with Gasteiger partial charge in [0.2, 0.25) is 0 Å². The Labute approximate surface area is 142 Å². The second kappa shape index (κ2) is 4.85. The van der Waals surface area contributed by atoms with Gasteiger partial charge in [0.15, 0.2) is 0 Å². The largest absolute Gasteiger partial charge is 0.497 e. The third-order valence-corrected chi connectivity index (χ3v) is 5.48. The molecule has 0 fully saturated rings. The Morgan fingerprint density at radius 1 is 0.875 bits per heavy atom. The van der Waals surface area contributed by atoms with Crippen molar-refractivity contribution in [2.45, 2.75) is 0 Å². The monoisotopic (exact) mass is 334 g/mol. The lowest BCUT2D eigenvalue weighted by Crippen LogP contribution is -1.81. The van der Waals surface area contributed by atoms with Crippen molar-refractivity contribution in [2.75, 3.05) is 14.2 Å². The van der Waals surface area contributed by atoms with Gasteiger partial charge >= 0.3 is 0 Å². The summed E-state index contributed by atoms with van der Waals surface area (Å²) in [4.78, 5) is 9.38. The smallest absolute Gasteiger partial charge is 0.126 e. The van der Waals surface area contributed by atoms with E-state index in [0.717, 1.165) is 37.8 Å². The summed E-state index contributed by atoms with van der Waals surface area (Å²) in [6, 6.07) is 14.4. The molecular weight excluding hydrogens is 320 g/mol. The number of ether oxygens (including phenoxy) is 2. The molecule has 2 aromatic carbocycles. The summed E-state index contributed by atoms with van der Waals surface area (Å²) in [5, 5.41) is 4.61. The first-order chi connectivity index (χ1) is 11.8. The molecule has 5 heteroatoms. The van der Waals surface area contributed by atoms with Crippen LogP contribution in [0.3, 0.4) is 0 Å². The minimum absolute atomic E-state index is 0.832. The molecule has 4 nitrogen and oxygen atoms in total. The summed E-state index contributed by atoms with van der Waals surface area (Å²) in [6.45, 7) is 0. The molecule has 2 aliphatic rings. The molecule has 3 heterocycles. The molecule has 0 aliphatic carbocycles. The molecule has 0 unspecified atom stereocenters. The predicted octanol–water partition coefficient (Wildman–Crippen LogP) is 5.05. The number of benzene rings is 2. The average molecular weight is 334 g/mol. The van der Waals surface area contributed by atoms with Crippen LogP contribution in [0.1, 0.15) is 0 Å². The molecule has 0 bridgehead atoms. The van der Waals surface area contributed by atoms with Gasteiger partial charge in [0.05, 0.1) is 25.3 Å². The van der Waals surface area contributed by atoms with Gasteiger partial charge in [-0.1, -0.05) is 11.3 Å². The standard InChI is InChI=1S/C19H14N2O2S/c1-22-10-3-5-12-14-9-15-13-6-4-11(23-2)8-17(13)21-19(15)24-18(14)20-16(12)7-10/h3-9,20H,1-2H3. The maximum atomic E-state index is 5.32. The number of hydrogen-bond acceptors (Lipinski definition) is 4. The molecule has 0 saturated heterocycles. The molecule has 0 saturated carbocycles. The second-order valence-corrected chi connectivity index (χ2v) is 6.74. The van der Waals surface area contributed by atoms with Crippen LogP contribution in [0, 0.1) is 0 Å². The van der Waals surface area contributed by atoms with Crippen molar-refractivity contribution in [1.82, 2.24) is 9.97 Å². The van der Waals surface area contributed by atoms with E-state index in [4.69, 9.17) is 14.5 Å². The van der Waals surface area contributed by atoms with Crippen molar-refractivity contribution in [3.8, 4) is 22.1 Å². The Balaban J connectivity index is 1.85. The zero-order valence-electron chi connectivity index (χ0n) is 13.2. The van der Waals surface area contributed by atoms with E-state index in [1.54, 1.807) is 25.6 Å². The molecule has 1 aromatic heterocycles. The minimum atomic E-state index is 0.832. The number of H-pyrrole nitrogens is 1. The van der Waals surface area contributed by atoms with Crippen LogP contribution < -0.4 is 9.47 Å². The van der Waals surface area contributed by atoms with E-state index in [1.165, 1.54) is 16.3 Å². The Kier molecular flexibility index (Phi) is 2.76. The van der Waals surface area contributed by atoms with E-state index < -0.39 is 0 Å². The number of hydrogen-bond donors (Lipinski definition) is 1. The fourth-order valence-corrected chi connectivity index (χ4v) is 4.28. The molecule has 2 aliphatic heterocycles.